The van der Waals surface area contributed by atoms with Gasteiger partial charge in [-0.2, -0.15) is 0 Å². The van der Waals surface area contributed by atoms with Crippen LogP contribution in [0, 0.1) is 17.8 Å². The monoisotopic (exact) mass is 254 g/mol. The van der Waals surface area contributed by atoms with Crippen LogP contribution in [0.3, 0.4) is 0 Å². The Labute approximate surface area is 112 Å². The third-order valence-electron chi connectivity index (χ3n) is 4.03. The molecule has 0 heterocycles. The lowest BCUT2D eigenvalue weighted by Crippen LogP contribution is -2.44. The van der Waals surface area contributed by atoms with Gasteiger partial charge in [-0.05, 0) is 24.7 Å². The van der Waals surface area contributed by atoms with Crippen molar-refractivity contribution in [1.29, 1.82) is 0 Å². The van der Waals surface area contributed by atoms with Gasteiger partial charge in [-0.3, -0.25) is 4.79 Å². The molecule has 0 saturated heterocycles. The molecule has 0 bridgehead atoms. The van der Waals surface area contributed by atoms with Crippen molar-refractivity contribution in [2.24, 2.45) is 17.8 Å². The van der Waals surface area contributed by atoms with Gasteiger partial charge in [-0.1, -0.05) is 40.5 Å². The summed E-state index contributed by atoms with van der Waals surface area (Å²) in [7, 11) is 0. The Bertz CT molecular complexity index is 251. The van der Waals surface area contributed by atoms with Gasteiger partial charge in [0.15, 0.2) is 0 Å². The fourth-order valence-electron chi connectivity index (χ4n) is 2.86. The molecule has 1 fully saturated rings. The molecular weight excluding hydrogens is 224 g/mol. The predicted octanol–water partition coefficient (Wildman–Crippen LogP) is 2.56. The molecule has 1 aliphatic rings. The van der Waals surface area contributed by atoms with Crippen molar-refractivity contribution in [2.45, 2.75) is 59.4 Å². The van der Waals surface area contributed by atoms with Crippen LogP contribution in [0.15, 0.2) is 0 Å². The maximum Gasteiger partial charge on any atom is 0.222 e. The molecule has 1 rings (SSSR count). The summed E-state index contributed by atoms with van der Waals surface area (Å²) in [5.74, 6) is 1.80. The van der Waals surface area contributed by atoms with E-state index in [4.69, 9.17) is 0 Å². The van der Waals surface area contributed by atoms with Gasteiger partial charge in [-0.25, -0.2) is 0 Å². The molecule has 1 aliphatic carbocycles. The van der Waals surface area contributed by atoms with E-state index in [0.29, 0.717) is 6.04 Å². The largest absolute Gasteiger partial charge is 0.355 e. The maximum atomic E-state index is 11.4. The minimum absolute atomic E-state index is 0.0862. The Morgan fingerprint density at radius 3 is 2.39 bits per heavy atom. The Hall–Kier alpha value is -0.570. The van der Waals surface area contributed by atoms with Crippen LogP contribution in [0.1, 0.15) is 53.4 Å². The van der Waals surface area contributed by atoms with Crippen LogP contribution in [0.4, 0.5) is 0 Å². The summed E-state index contributed by atoms with van der Waals surface area (Å²) in [6.45, 7) is 10.2. The Morgan fingerprint density at radius 2 is 1.78 bits per heavy atom. The summed E-state index contributed by atoms with van der Waals surface area (Å²) in [5, 5.41) is 6.60. The van der Waals surface area contributed by atoms with Crippen molar-refractivity contribution in [2.75, 3.05) is 13.1 Å². The van der Waals surface area contributed by atoms with E-state index in [1.165, 1.54) is 25.7 Å². The molecule has 106 valence electrons. The highest BCUT2D eigenvalue weighted by atomic mass is 16.1. The SMILES string of the molecule is CC(C)C(=O)NCCNC1CCCCC1C(C)C. The lowest BCUT2D eigenvalue weighted by molar-refractivity contribution is -0.123. The summed E-state index contributed by atoms with van der Waals surface area (Å²) in [6, 6.07) is 0.648. The molecule has 1 saturated carbocycles. The normalized spacial score (nSPS) is 24.6. The van der Waals surface area contributed by atoms with Crippen LogP contribution >= 0.6 is 0 Å². The molecule has 3 nitrogen and oxygen atoms in total. The number of carbonyl (C=O) groups is 1. The minimum atomic E-state index is 0.0862. The van der Waals surface area contributed by atoms with Gasteiger partial charge in [0.2, 0.25) is 5.91 Å². The van der Waals surface area contributed by atoms with E-state index in [2.05, 4.69) is 24.5 Å². The van der Waals surface area contributed by atoms with Crippen molar-refractivity contribution >= 4 is 5.91 Å². The second-order valence-corrected chi connectivity index (χ2v) is 6.20. The van der Waals surface area contributed by atoms with Gasteiger partial charge in [0.05, 0.1) is 0 Å². The van der Waals surface area contributed by atoms with Crippen molar-refractivity contribution in [3.63, 3.8) is 0 Å². The first-order valence-electron chi connectivity index (χ1n) is 7.53. The van der Waals surface area contributed by atoms with Crippen LogP contribution in [0.5, 0.6) is 0 Å². The topological polar surface area (TPSA) is 41.1 Å². The second-order valence-electron chi connectivity index (χ2n) is 6.20. The molecule has 0 aromatic carbocycles. The van der Waals surface area contributed by atoms with Crippen molar-refractivity contribution in [3.8, 4) is 0 Å². The summed E-state index contributed by atoms with van der Waals surface area (Å²) >= 11 is 0. The molecule has 0 aromatic rings. The first-order valence-corrected chi connectivity index (χ1v) is 7.53. The highest BCUT2D eigenvalue weighted by molar-refractivity contribution is 5.77. The van der Waals surface area contributed by atoms with Crippen LogP contribution in [0.2, 0.25) is 0 Å². The molecule has 3 heteroatoms. The zero-order chi connectivity index (χ0) is 13.5. The summed E-state index contributed by atoms with van der Waals surface area (Å²) in [6.07, 6.45) is 5.37. The summed E-state index contributed by atoms with van der Waals surface area (Å²) in [4.78, 5) is 11.4. The first-order chi connectivity index (χ1) is 8.52. The molecule has 0 aromatic heterocycles. The van der Waals surface area contributed by atoms with Gasteiger partial charge >= 0.3 is 0 Å². The third kappa shape index (κ3) is 4.97. The minimum Gasteiger partial charge on any atom is -0.355 e. The number of nitrogens with one attached hydrogen (secondary N) is 2. The van der Waals surface area contributed by atoms with Gasteiger partial charge in [0.1, 0.15) is 0 Å². The van der Waals surface area contributed by atoms with E-state index in [1.54, 1.807) is 0 Å². The molecule has 0 radical (unpaired) electrons. The average Bonchev–Trinajstić information content (AvgIpc) is 2.34. The second kappa shape index (κ2) is 7.78. The maximum absolute atomic E-state index is 11.4. The standard InChI is InChI=1S/C15H30N2O/c1-11(2)13-7-5-6-8-14(13)16-9-10-17-15(18)12(3)4/h11-14,16H,5-10H2,1-4H3,(H,17,18). The molecule has 2 unspecified atom stereocenters. The van der Waals surface area contributed by atoms with E-state index in [9.17, 15) is 4.79 Å². The van der Waals surface area contributed by atoms with E-state index in [1.807, 2.05) is 13.8 Å². The predicted molar refractivity (Wildman–Crippen MR) is 76.4 cm³/mol. The number of carbonyl (C=O) groups excluding carboxylic acids is 1. The zero-order valence-electron chi connectivity index (χ0n) is 12.5. The number of amides is 1. The van der Waals surface area contributed by atoms with Gasteiger partial charge in [0, 0.05) is 25.0 Å². The van der Waals surface area contributed by atoms with Crippen LogP contribution in [-0.2, 0) is 4.79 Å². The lowest BCUT2D eigenvalue weighted by Gasteiger charge is -2.35. The number of rotatable bonds is 6. The molecule has 2 N–H and O–H groups in total. The van der Waals surface area contributed by atoms with E-state index in [-0.39, 0.29) is 11.8 Å². The summed E-state index contributed by atoms with van der Waals surface area (Å²) < 4.78 is 0. The zero-order valence-corrected chi connectivity index (χ0v) is 12.5. The van der Waals surface area contributed by atoms with Gasteiger partial charge < -0.3 is 10.6 Å². The molecule has 1 amide bonds. The van der Waals surface area contributed by atoms with Crippen LogP contribution in [0.25, 0.3) is 0 Å². The van der Waals surface area contributed by atoms with Gasteiger partial charge in [0.25, 0.3) is 0 Å². The molecule has 2 atom stereocenters. The van der Waals surface area contributed by atoms with E-state index < -0.39 is 0 Å². The quantitative estimate of drug-likeness (QED) is 0.715. The molecule has 0 aliphatic heterocycles. The number of hydrogen-bond donors (Lipinski definition) is 2. The number of hydrogen-bond acceptors (Lipinski definition) is 2. The Balaban J connectivity index is 2.22. The van der Waals surface area contributed by atoms with E-state index in [0.717, 1.165) is 24.9 Å². The third-order valence-corrected chi connectivity index (χ3v) is 4.03. The molecule has 0 spiro atoms. The van der Waals surface area contributed by atoms with Crippen LogP contribution in [-0.4, -0.2) is 25.0 Å². The first kappa shape index (κ1) is 15.5. The van der Waals surface area contributed by atoms with Crippen molar-refractivity contribution < 1.29 is 4.79 Å². The highest BCUT2D eigenvalue weighted by Gasteiger charge is 2.26. The fraction of sp³-hybridized carbons (Fsp3) is 0.933. The average molecular weight is 254 g/mol. The van der Waals surface area contributed by atoms with Crippen molar-refractivity contribution in [1.82, 2.24) is 10.6 Å². The summed E-state index contributed by atoms with van der Waals surface area (Å²) in [5.41, 5.74) is 0. The molecular formula is C15H30N2O. The molecule has 18 heavy (non-hydrogen) atoms. The van der Waals surface area contributed by atoms with Gasteiger partial charge in [-0.15, -0.1) is 0 Å². The Kier molecular flexibility index (Phi) is 6.69. The Morgan fingerprint density at radius 1 is 1.11 bits per heavy atom. The highest BCUT2D eigenvalue weighted by Crippen LogP contribution is 2.29. The van der Waals surface area contributed by atoms with E-state index >= 15 is 0 Å². The smallest absolute Gasteiger partial charge is 0.222 e. The van der Waals surface area contributed by atoms with Crippen LogP contribution < -0.4 is 10.6 Å². The lowest BCUT2D eigenvalue weighted by atomic mass is 9.78. The fourth-order valence-corrected chi connectivity index (χ4v) is 2.86. The van der Waals surface area contributed by atoms with Crippen molar-refractivity contribution in [3.05, 3.63) is 0 Å².